The second-order valence-corrected chi connectivity index (χ2v) is 8.03. The van der Waals surface area contributed by atoms with Gasteiger partial charge in [-0.05, 0) is 30.7 Å². The summed E-state index contributed by atoms with van der Waals surface area (Å²) >= 11 is 6.05. The van der Waals surface area contributed by atoms with E-state index in [1.54, 1.807) is 48.1 Å². The van der Waals surface area contributed by atoms with Gasteiger partial charge in [0.1, 0.15) is 6.33 Å². The highest BCUT2D eigenvalue weighted by Crippen LogP contribution is 2.34. The SMILES string of the molecule is Cn1c(N2CC3C[C@H]2CN3C(=O)c2cccc(Cl)c2)nc(-c2ccncn2)cc1=O. The zero-order valence-corrected chi connectivity index (χ0v) is 17.0. The summed E-state index contributed by atoms with van der Waals surface area (Å²) in [5.41, 5.74) is 1.57. The van der Waals surface area contributed by atoms with Crippen molar-refractivity contribution in [2.45, 2.75) is 18.5 Å². The molecular weight excluding hydrogens is 404 g/mol. The third kappa shape index (κ3) is 3.13. The molecule has 0 saturated carbocycles. The summed E-state index contributed by atoms with van der Waals surface area (Å²) in [6.45, 7) is 1.22. The number of carbonyl (C=O) groups excluding carboxylic acids is 1. The average Bonchev–Trinajstić information content (AvgIpc) is 3.36. The van der Waals surface area contributed by atoms with Crippen molar-refractivity contribution in [2.24, 2.45) is 7.05 Å². The highest BCUT2D eigenvalue weighted by molar-refractivity contribution is 6.30. The van der Waals surface area contributed by atoms with Crippen LogP contribution in [-0.4, -0.2) is 55.5 Å². The Hall–Kier alpha value is -3.26. The average molecular weight is 423 g/mol. The van der Waals surface area contributed by atoms with Crippen LogP contribution in [0.2, 0.25) is 5.02 Å². The molecule has 3 aromatic rings. The standard InChI is InChI=1S/C21H19ClN6O2/c1-26-19(29)9-18(17-5-6-23-12-24-17)25-21(26)28-11-15-8-16(28)10-27(15)20(30)13-3-2-4-14(22)7-13/h2-7,9,12,15-16H,8,10-11H2,1H3/t15?,16-/m0/s1. The highest BCUT2D eigenvalue weighted by Gasteiger charge is 2.46. The van der Waals surface area contributed by atoms with Crippen LogP contribution < -0.4 is 10.5 Å². The Kier molecular flexibility index (Phi) is 4.51. The molecule has 4 heterocycles. The van der Waals surface area contributed by atoms with Crippen molar-refractivity contribution in [3.8, 4) is 11.4 Å². The van der Waals surface area contributed by atoms with Crippen molar-refractivity contribution in [1.82, 2.24) is 24.4 Å². The number of amides is 1. The van der Waals surface area contributed by atoms with E-state index in [2.05, 4.69) is 14.9 Å². The first-order valence-electron chi connectivity index (χ1n) is 9.69. The minimum atomic E-state index is -0.150. The Labute approximate surface area is 177 Å². The molecule has 5 rings (SSSR count). The van der Waals surface area contributed by atoms with Gasteiger partial charge < -0.3 is 9.80 Å². The van der Waals surface area contributed by atoms with Crippen molar-refractivity contribution in [3.05, 3.63) is 69.9 Å². The van der Waals surface area contributed by atoms with E-state index in [1.807, 2.05) is 4.90 Å². The number of halogens is 1. The molecule has 2 atom stereocenters. The van der Waals surface area contributed by atoms with Crippen molar-refractivity contribution in [1.29, 1.82) is 0 Å². The van der Waals surface area contributed by atoms with Crippen molar-refractivity contribution in [2.75, 3.05) is 18.0 Å². The predicted octanol–water partition coefficient (Wildman–Crippen LogP) is 1.99. The van der Waals surface area contributed by atoms with E-state index in [1.165, 1.54) is 12.4 Å². The van der Waals surface area contributed by atoms with Crippen LogP contribution in [0.3, 0.4) is 0 Å². The lowest BCUT2D eigenvalue weighted by molar-refractivity contribution is 0.0725. The van der Waals surface area contributed by atoms with Crippen LogP contribution in [0.15, 0.2) is 53.7 Å². The third-order valence-electron chi connectivity index (χ3n) is 5.79. The summed E-state index contributed by atoms with van der Waals surface area (Å²) < 4.78 is 1.55. The summed E-state index contributed by atoms with van der Waals surface area (Å²) in [5.74, 6) is 0.583. The number of benzene rings is 1. The maximum Gasteiger partial charge on any atom is 0.255 e. The number of anilines is 1. The lowest BCUT2D eigenvalue weighted by atomic mass is 10.1. The maximum absolute atomic E-state index is 13.0. The summed E-state index contributed by atoms with van der Waals surface area (Å²) in [5, 5.41) is 0.549. The predicted molar refractivity (Wildman–Crippen MR) is 113 cm³/mol. The molecular formula is C21H19ClN6O2. The zero-order valence-electron chi connectivity index (χ0n) is 16.3. The van der Waals surface area contributed by atoms with Gasteiger partial charge in [0.25, 0.3) is 11.5 Å². The van der Waals surface area contributed by atoms with Crippen molar-refractivity contribution < 1.29 is 4.79 Å². The summed E-state index contributed by atoms with van der Waals surface area (Å²) in [7, 11) is 1.72. The number of fused-ring (bicyclic) bond motifs is 2. The van der Waals surface area contributed by atoms with E-state index in [-0.39, 0.29) is 23.6 Å². The molecule has 2 saturated heterocycles. The largest absolute Gasteiger partial charge is 0.335 e. The fourth-order valence-electron chi connectivity index (χ4n) is 4.31. The molecule has 1 amide bonds. The van der Waals surface area contributed by atoms with Crippen LogP contribution in [0.5, 0.6) is 0 Å². The molecule has 0 spiro atoms. The van der Waals surface area contributed by atoms with Gasteiger partial charge in [0.15, 0.2) is 0 Å². The Morgan fingerprint density at radius 2 is 2.00 bits per heavy atom. The van der Waals surface area contributed by atoms with E-state index in [0.29, 0.717) is 41.0 Å². The molecule has 1 unspecified atom stereocenters. The molecule has 8 nitrogen and oxygen atoms in total. The van der Waals surface area contributed by atoms with Gasteiger partial charge in [-0.15, -0.1) is 0 Å². The summed E-state index contributed by atoms with van der Waals surface area (Å²) in [6.07, 6.45) is 3.91. The maximum atomic E-state index is 13.0. The van der Waals surface area contributed by atoms with Gasteiger partial charge in [0.05, 0.1) is 23.5 Å². The Morgan fingerprint density at radius 3 is 2.70 bits per heavy atom. The molecule has 2 aromatic heterocycles. The van der Waals surface area contributed by atoms with E-state index in [0.717, 1.165) is 6.42 Å². The van der Waals surface area contributed by atoms with Crippen LogP contribution >= 0.6 is 11.6 Å². The Bertz CT molecular complexity index is 1180. The number of hydrogen-bond acceptors (Lipinski definition) is 6. The normalized spacial score (nSPS) is 20.1. The second kappa shape index (κ2) is 7.21. The zero-order chi connectivity index (χ0) is 20.8. The Morgan fingerprint density at radius 1 is 1.13 bits per heavy atom. The highest BCUT2D eigenvalue weighted by atomic mass is 35.5. The van der Waals surface area contributed by atoms with Crippen LogP contribution in [0.25, 0.3) is 11.4 Å². The van der Waals surface area contributed by atoms with Crippen LogP contribution in [-0.2, 0) is 7.05 Å². The van der Waals surface area contributed by atoms with E-state index < -0.39 is 0 Å². The smallest absolute Gasteiger partial charge is 0.255 e. The molecule has 1 aromatic carbocycles. The minimum Gasteiger partial charge on any atom is -0.335 e. The first kappa shape index (κ1) is 18.7. The number of nitrogens with zero attached hydrogens (tertiary/aromatic N) is 6. The monoisotopic (exact) mass is 422 g/mol. The number of aromatic nitrogens is 4. The van der Waals surface area contributed by atoms with Crippen LogP contribution in [0, 0.1) is 0 Å². The van der Waals surface area contributed by atoms with Gasteiger partial charge in [-0.3, -0.25) is 14.2 Å². The molecule has 2 aliphatic rings. The van der Waals surface area contributed by atoms with Crippen LogP contribution in [0.4, 0.5) is 5.95 Å². The molecule has 0 N–H and O–H groups in total. The molecule has 2 aliphatic heterocycles. The van der Waals surface area contributed by atoms with E-state index >= 15 is 0 Å². The van der Waals surface area contributed by atoms with Gasteiger partial charge in [0.2, 0.25) is 5.95 Å². The number of piperazine rings is 1. The third-order valence-corrected chi connectivity index (χ3v) is 6.02. The number of likely N-dealkylation sites (tertiary alicyclic amines) is 1. The van der Waals surface area contributed by atoms with E-state index in [9.17, 15) is 9.59 Å². The molecule has 152 valence electrons. The minimum absolute atomic E-state index is 0.0127. The van der Waals surface area contributed by atoms with Crippen molar-refractivity contribution in [3.63, 3.8) is 0 Å². The summed E-state index contributed by atoms with van der Waals surface area (Å²) in [4.78, 5) is 42.4. The molecule has 0 radical (unpaired) electrons. The fourth-order valence-corrected chi connectivity index (χ4v) is 4.50. The van der Waals surface area contributed by atoms with Gasteiger partial charge in [-0.1, -0.05) is 17.7 Å². The van der Waals surface area contributed by atoms with Gasteiger partial charge in [-0.2, -0.15) is 0 Å². The first-order valence-corrected chi connectivity index (χ1v) is 10.1. The molecule has 2 fully saturated rings. The number of rotatable bonds is 3. The Balaban J connectivity index is 1.42. The first-order chi connectivity index (χ1) is 14.5. The molecule has 30 heavy (non-hydrogen) atoms. The molecule has 0 aliphatic carbocycles. The van der Waals surface area contributed by atoms with E-state index in [4.69, 9.17) is 16.6 Å². The number of hydrogen-bond donors (Lipinski definition) is 0. The molecule has 9 heteroatoms. The van der Waals surface area contributed by atoms with Gasteiger partial charge >= 0.3 is 0 Å². The quantitative estimate of drug-likeness (QED) is 0.641. The lowest BCUT2D eigenvalue weighted by Gasteiger charge is -2.35. The summed E-state index contributed by atoms with van der Waals surface area (Å²) in [6, 6.07) is 10.4. The van der Waals surface area contributed by atoms with Gasteiger partial charge in [-0.25, -0.2) is 15.0 Å². The number of carbonyl (C=O) groups is 1. The lowest BCUT2D eigenvalue weighted by Crippen LogP contribution is -2.50. The van der Waals surface area contributed by atoms with Crippen molar-refractivity contribution >= 4 is 23.5 Å². The second-order valence-electron chi connectivity index (χ2n) is 7.60. The fraction of sp³-hybridized carbons (Fsp3) is 0.286. The van der Waals surface area contributed by atoms with Gasteiger partial charge in [0, 0.05) is 43.0 Å². The molecule has 2 bridgehead atoms. The van der Waals surface area contributed by atoms with Crippen LogP contribution in [0.1, 0.15) is 16.8 Å². The topological polar surface area (TPSA) is 84.2 Å².